The lowest BCUT2D eigenvalue weighted by Gasteiger charge is -2.08. The van der Waals surface area contributed by atoms with Crippen molar-refractivity contribution in [3.05, 3.63) is 56.9 Å². The zero-order chi connectivity index (χ0) is 14.8. The lowest BCUT2D eigenvalue weighted by atomic mass is 10.2. The Kier molecular flexibility index (Phi) is 4.29. The van der Waals surface area contributed by atoms with Gasteiger partial charge in [0.05, 0.1) is 4.90 Å². The van der Waals surface area contributed by atoms with Crippen LogP contribution in [-0.2, 0) is 16.4 Å². The van der Waals surface area contributed by atoms with Gasteiger partial charge in [0.2, 0.25) is 0 Å². The van der Waals surface area contributed by atoms with E-state index in [2.05, 4.69) is 25.6 Å². The second-order valence-corrected chi connectivity index (χ2v) is 6.76. The van der Waals surface area contributed by atoms with Gasteiger partial charge < -0.3 is 4.98 Å². The molecule has 2 rings (SSSR count). The minimum Gasteiger partial charge on any atom is -0.326 e. The van der Waals surface area contributed by atoms with Crippen LogP contribution in [0.3, 0.4) is 0 Å². The van der Waals surface area contributed by atoms with E-state index < -0.39 is 15.6 Å². The number of aromatic amines is 1. The van der Waals surface area contributed by atoms with Crippen molar-refractivity contribution in [2.24, 2.45) is 0 Å². The van der Waals surface area contributed by atoms with Gasteiger partial charge in [-0.05, 0) is 46.1 Å². The maximum atomic E-state index is 12.2. The van der Waals surface area contributed by atoms with Crippen molar-refractivity contribution < 1.29 is 8.42 Å². The molecule has 0 atom stereocenters. The second-order valence-electron chi connectivity index (χ2n) is 4.16. The first-order valence-electron chi connectivity index (χ1n) is 5.92. The van der Waals surface area contributed by atoms with Crippen molar-refractivity contribution in [3.8, 4) is 0 Å². The Hall–Kier alpha value is -1.60. The van der Waals surface area contributed by atoms with E-state index in [1.54, 1.807) is 12.1 Å². The average molecular weight is 357 g/mol. The van der Waals surface area contributed by atoms with Crippen LogP contribution < -0.4 is 10.3 Å². The molecule has 5 nitrogen and oxygen atoms in total. The second kappa shape index (κ2) is 5.80. The molecule has 0 saturated carbocycles. The molecule has 0 unspecified atom stereocenters. The molecule has 1 aromatic carbocycles. The van der Waals surface area contributed by atoms with Crippen molar-refractivity contribution in [1.82, 2.24) is 4.98 Å². The number of halogens is 1. The normalized spacial score (nSPS) is 11.3. The molecule has 2 aromatic rings. The van der Waals surface area contributed by atoms with Gasteiger partial charge in [-0.3, -0.25) is 9.52 Å². The minimum atomic E-state index is -3.77. The summed E-state index contributed by atoms with van der Waals surface area (Å²) in [6, 6.07) is 7.96. The highest BCUT2D eigenvalue weighted by Crippen LogP contribution is 2.16. The molecule has 20 heavy (non-hydrogen) atoms. The number of H-pyrrole nitrogens is 1. The van der Waals surface area contributed by atoms with Gasteiger partial charge in [-0.15, -0.1) is 0 Å². The van der Waals surface area contributed by atoms with Crippen LogP contribution in [0.2, 0.25) is 0 Å². The van der Waals surface area contributed by atoms with Gasteiger partial charge in [0, 0.05) is 10.7 Å². The summed E-state index contributed by atoms with van der Waals surface area (Å²) in [4.78, 5) is 14.1. The van der Waals surface area contributed by atoms with Crippen LogP contribution in [0.1, 0.15) is 12.5 Å². The predicted molar refractivity (Wildman–Crippen MR) is 81.4 cm³/mol. The molecular weight excluding hydrogens is 344 g/mol. The number of benzene rings is 1. The number of aromatic nitrogens is 1. The molecule has 0 aliphatic heterocycles. The first-order chi connectivity index (χ1) is 9.42. The first kappa shape index (κ1) is 14.8. The van der Waals surface area contributed by atoms with E-state index in [0.717, 1.165) is 12.0 Å². The number of aryl methyl sites for hydroxylation is 1. The smallest absolute Gasteiger partial charge is 0.272 e. The highest BCUT2D eigenvalue weighted by atomic mass is 79.9. The van der Waals surface area contributed by atoms with E-state index >= 15 is 0 Å². The monoisotopic (exact) mass is 356 g/mol. The molecule has 0 fully saturated rings. The Bertz CT molecular complexity index is 767. The van der Waals surface area contributed by atoms with E-state index in [1.807, 2.05) is 6.92 Å². The lowest BCUT2D eigenvalue weighted by Crippen LogP contribution is -2.20. The van der Waals surface area contributed by atoms with Crippen LogP contribution in [0, 0.1) is 0 Å². The SMILES string of the molecule is CCc1ccc(S(=O)(=O)Nc2cc(Br)c[nH]c2=O)cc1. The number of nitrogens with one attached hydrogen (secondary N) is 2. The number of hydrogen-bond donors (Lipinski definition) is 2. The van der Waals surface area contributed by atoms with Crippen molar-refractivity contribution >= 4 is 31.6 Å². The number of pyridine rings is 1. The number of sulfonamides is 1. The Morgan fingerprint density at radius 2 is 1.90 bits per heavy atom. The van der Waals surface area contributed by atoms with E-state index in [0.29, 0.717) is 4.47 Å². The highest BCUT2D eigenvalue weighted by molar-refractivity contribution is 9.10. The van der Waals surface area contributed by atoms with E-state index in [9.17, 15) is 13.2 Å². The Morgan fingerprint density at radius 3 is 2.50 bits per heavy atom. The Labute approximate surface area is 125 Å². The topological polar surface area (TPSA) is 79.0 Å². The molecule has 0 aliphatic carbocycles. The highest BCUT2D eigenvalue weighted by Gasteiger charge is 2.15. The molecule has 0 spiro atoms. The van der Waals surface area contributed by atoms with Crippen molar-refractivity contribution in [1.29, 1.82) is 0 Å². The van der Waals surface area contributed by atoms with Gasteiger partial charge in [-0.1, -0.05) is 19.1 Å². The van der Waals surface area contributed by atoms with Crippen molar-refractivity contribution in [2.45, 2.75) is 18.2 Å². The summed E-state index contributed by atoms with van der Waals surface area (Å²) in [6.07, 6.45) is 2.27. The standard InChI is InChI=1S/C13H13BrN2O3S/c1-2-9-3-5-11(6-4-9)20(18,19)16-12-7-10(14)8-15-13(12)17/h3-8,16H,2H2,1H3,(H,15,17). The molecule has 0 bridgehead atoms. The Balaban J connectivity index is 2.35. The summed E-state index contributed by atoms with van der Waals surface area (Å²) >= 11 is 3.17. The fourth-order valence-corrected chi connectivity index (χ4v) is 3.04. The fourth-order valence-electron chi connectivity index (χ4n) is 1.64. The molecule has 1 aromatic heterocycles. The van der Waals surface area contributed by atoms with Crippen molar-refractivity contribution in [2.75, 3.05) is 4.72 Å². The number of hydrogen-bond acceptors (Lipinski definition) is 3. The van der Waals surface area contributed by atoms with Crippen LogP contribution in [0.25, 0.3) is 0 Å². The number of rotatable bonds is 4. The third-order valence-corrected chi connectivity index (χ3v) is 4.59. The third kappa shape index (κ3) is 3.29. The molecule has 7 heteroatoms. The maximum Gasteiger partial charge on any atom is 0.272 e. The van der Waals surface area contributed by atoms with Crippen LogP contribution in [0.4, 0.5) is 5.69 Å². The largest absolute Gasteiger partial charge is 0.326 e. The van der Waals surface area contributed by atoms with Crippen molar-refractivity contribution in [3.63, 3.8) is 0 Å². The van der Waals surface area contributed by atoms with Gasteiger partial charge in [0.25, 0.3) is 15.6 Å². The summed E-state index contributed by atoms with van der Waals surface area (Å²) in [5.41, 5.74) is 0.519. The van der Waals surface area contributed by atoms with Crippen LogP contribution >= 0.6 is 15.9 Å². The van der Waals surface area contributed by atoms with E-state index in [4.69, 9.17) is 0 Å². The zero-order valence-corrected chi connectivity index (χ0v) is 13.1. The quantitative estimate of drug-likeness (QED) is 0.883. The molecule has 0 saturated heterocycles. The van der Waals surface area contributed by atoms with E-state index in [1.165, 1.54) is 24.4 Å². The number of anilines is 1. The van der Waals surface area contributed by atoms with Crippen LogP contribution in [0.15, 0.2) is 50.7 Å². The summed E-state index contributed by atoms with van der Waals surface area (Å²) in [5.74, 6) is 0. The molecule has 106 valence electrons. The van der Waals surface area contributed by atoms with Gasteiger partial charge in [-0.25, -0.2) is 8.42 Å². The fraction of sp³-hybridized carbons (Fsp3) is 0.154. The van der Waals surface area contributed by atoms with Crippen LogP contribution in [-0.4, -0.2) is 13.4 Å². The maximum absolute atomic E-state index is 12.2. The average Bonchev–Trinajstić information content (AvgIpc) is 2.43. The summed E-state index contributed by atoms with van der Waals surface area (Å²) in [5, 5.41) is 0. The Morgan fingerprint density at radius 1 is 1.25 bits per heavy atom. The third-order valence-electron chi connectivity index (χ3n) is 2.75. The van der Waals surface area contributed by atoms with E-state index in [-0.39, 0.29) is 10.6 Å². The summed E-state index contributed by atoms with van der Waals surface area (Å²) in [6.45, 7) is 1.99. The summed E-state index contributed by atoms with van der Waals surface area (Å²) in [7, 11) is -3.77. The van der Waals surface area contributed by atoms with Gasteiger partial charge in [-0.2, -0.15) is 0 Å². The molecule has 0 radical (unpaired) electrons. The first-order valence-corrected chi connectivity index (χ1v) is 8.20. The zero-order valence-electron chi connectivity index (χ0n) is 10.7. The van der Waals surface area contributed by atoms with Gasteiger partial charge in [0.1, 0.15) is 5.69 Å². The van der Waals surface area contributed by atoms with Crippen LogP contribution in [0.5, 0.6) is 0 Å². The van der Waals surface area contributed by atoms with Gasteiger partial charge >= 0.3 is 0 Å². The predicted octanol–water partition coefficient (Wildman–Crippen LogP) is 2.50. The summed E-state index contributed by atoms with van der Waals surface area (Å²) < 4.78 is 27.2. The molecular formula is C13H13BrN2O3S. The minimum absolute atomic E-state index is 0.0288. The molecule has 1 heterocycles. The molecule has 0 aliphatic rings. The van der Waals surface area contributed by atoms with Gasteiger partial charge in [0.15, 0.2) is 0 Å². The molecule has 2 N–H and O–H groups in total. The lowest BCUT2D eigenvalue weighted by molar-refractivity contribution is 0.601. The molecule has 0 amide bonds.